The van der Waals surface area contributed by atoms with Gasteiger partial charge < -0.3 is 4.74 Å². The Balaban J connectivity index is 2.54. The molecule has 0 aliphatic rings. The van der Waals surface area contributed by atoms with Gasteiger partial charge in [0, 0.05) is 6.42 Å². The molecule has 0 amide bonds. The predicted octanol–water partition coefficient (Wildman–Crippen LogP) is 2.35. The second kappa shape index (κ2) is 5.51. The van der Waals surface area contributed by atoms with Crippen molar-refractivity contribution in [2.75, 3.05) is 6.61 Å². The first-order chi connectivity index (χ1) is 7.80. The fourth-order valence-electron chi connectivity index (χ4n) is 1.35. The van der Waals surface area contributed by atoms with E-state index in [0.717, 1.165) is 16.9 Å². The molecule has 1 rings (SSSR count). The van der Waals surface area contributed by atoms with Crippen LogP contribution < -0.4 is 4.74 Å². The second-order valence-corrected chi connectivity index (χ2v) is 6.07. The minimum Gasteiger partial charge on any atom is -0.493 e. The first-order valence-electron chi connectivity index (χ1n) is 5.47. The summed E-state index contributed by atoms with van der Waals surface area (Å²) < 4.78 is 35.9. The summed E-state index contributed by atoms with van der Waals surface area (Å²) in [5, 5.41) is -0.799. The number of hydrogen-bond donors (Lipinski definition) is 1. The van der Waals surface area contributed by atoms with Crippen LogP contribution in [0, 0.1) is 13.8 Å². The summed E-state index contributed by atoms with van der Waals surface area (Å²) in [5.41, 5.74) is 2.10. The van der Waals surface area contributed by atoms with Crippen molar-refractivity contribution in [2.24, 2.45) is 0 Å². The summed E-state index contributed by atoms with van der Waals surface area (Å²) in [4.78, 5) is 0. The predicted molar refractivity (Wildman–Crippen MR) is 67.0 cm³/mol. The maximum atomic E-state index is 10.8. The molecule has 1 aromatic rings. The van der Waals surface area contributed by atoms with Crippen LogP contribution in [-0.2, 0) is 10.1 Å². The first-order valence-corrected chi connectivity index (χ1v) is 6.97. The Morgan fingerprint density at radius 1 is 1.35 bits per heavy atom. The number of benzene rings is 1. The number of hydrogen-bond acceptors (Lipinski definition) is 3. The van der Waals surface area contributed by atoms with Crippen molar-refractivity contribution < 1.29 is 17.7 Å². The second-order valence-electron chi connectivity index (χ2n) is 4.23. The van der Waals surface area contributed by atoms with Crippen LogP contribution in [0.3, 0.4) is 0 Å². The van der Waals surface area contributed by atoms with E-state index in [4.69, 9.17) is 9.29 Å². The molecule has 5 heteroatoms. The molecule has 0 spiro atoms. The number of rotatable bonds is 5. The molecule has 0 fully saturated rings. The van der Waals surface area contributed by atoms with Gasteiger partial charge in [0.05, 0.1) is 11.9 Å². The third-order valence-electron chi connectivity index (χ3n) is 2.63. The zero-order chi connectivity index (χ0) is 13.1. The fourth-order valence-corrected chi connectivity index (χ4v) is 1.74. The molecule has 0 aliphatic carbocycles. The normalized spacial score (nSPS) is 13.4. The van der Waals surface area contributed by atoms with E-state index in [-0.39, 0.29) is 13.0 Å². The number of aryl methyl sites for hydroxylation is 2. The first kappa shape index (κ1) is 14.0. The molecule has 1 unspecified atom stereocenters. The summed E-state index contributed by atoms with van der Waals surface area (Å²) in [6, 6.07) is 5.85. The standard InChI is InChI=1S/C12H18O4S/c1-9-4-5-10(2)12(8-9)16-7-6-11(3)17(13,14)15/h4-5,8,11H,6-7H2,1-3H3,(H,13,14,15). The van der Waals surface area contributed by atoms with Crippen LogP contribution in [0.15, 0.2) is 18.2 Å². The maximum absolute atomic E-state index is 10.8. The summed E-state index contributed by atoms with van der Waals surface area (Å²) in [5.74, 6) is 0.757. The Kier molecular flexibility index (Phi) is 4.54. The highest BCUT2D eigenvalue weighted by molar-refractivity contribution is 7.86. The Labute approximate surface area is 102 Å². The lowest BCUT2D eigenvalue weighted by Gasteiger charge is -2.12. The highest BCUT2D eigenvalue weighted by Gasteiger charge is 2.16. The van der Waals surface area contributed by atoms with Crippen LogP contribution in [0.2, 0.25) is 0 Å². The third-order valence-corrected chi connectivity index (χ3v) is 3.89. The molecule has 1 atom stereocenters. The monoisotopic (exact) mass is 258 g/mol. The lowest BCUT2D eigenvalue weighted by atomic mass is 10.1. The van der Waals surface area contributed by atoms with E-state index in [1.807, 2.05) is 32.0 Å². The summed E-state index contributed by atoms with van der Waals surface area (Å²) in [6.07, 6.45) is 0.270. The molecule has 0 bridgehead atoms. The Hall–Kier alpha value is -1.07. The smallest absolute Gasteiger partial charge is 0.267 e. The van der Waals surface area contributed by atoms with Crippen LogP contribution in [0.1, 0.15) is 24.5 Å². The average molecular weight is 258 g/mol. The van der Waals surface area contributed by atoms with Gasteiger partial charge in [0.2, 0.25) is 0 Å². The summed E-state index contributed by atoms with van der Waals surface area (Å²) >= 11 is 0. The van der Waals surface area contributed by atoms with Crippen LogP contribution >= 0.6 is 0 Å². The van der Waals surface area contributed by atoms with Gasteiger partial charge in [0.25, 0.3) is 10.1 Å². The van der Waals surface area contributed by atoms with E-state index >= 15 is 0 Å². The quantitative estimate of drug-likeness (QED) is 0.823. The average Bonchev–Trinajstić information content (AvgIpc) is 2.21. The molecule has 0 heterocycles. The molecular formula is C12H18O4S. The molecule has 1 aromatic carbocycles. The van der Waals surface area contributed by atoms with Gasteiger partial charge in [-0.2, -0.15) is 8.42 Å². The van der Waals surface area contributed by atoms with Gasteiger partial charge in [0.15, 0.2) is 0 Å². The van der Waals surface area contributed by atoms with Crippen LogP contribution in [0.4, 0.5) is 0 Å². The third kappa shape index (κ3) is 4.36. The van der Waals surface area contributed by atoms with E-state index in [0.29, 0.717) is 0 Å². The Morgan fingerprint density at radius 3 is 2.59 bits per heavy atom. The molecule has 4 nitrogen and oxygen atoms in total. The Bertz CT molecular complexity index is 479. The van der Waals surface area contributed by atoms with Crippen molar-refractivity contribution >= 4 is 10.1 Å². The fraction of sp³-hybridized carbons (Fsp3) is 0.500. The van der Waals surface area contributed by atoms with Crippen LogP contribution in [0.5, 0.6) is 5.75 Å². The number of ether oxygens (including phenoxy) is 1. The maximum Gasteiger partial charge on any atom is 0.267 e. The van der Waals surface area contributed by atoms with Crippen LogP contribution in [-0.4, -0.2) is 24.8 Å². The molecule has 96 valence electrons. The summed E-state index contributed by atoms with van der Waals surface area (Å²) in [6.45, 7) is 5.63. The topological polar surface area (TPSA) is 63.6 Å². The zero-order valence-electron chi connectivity index (χ0n) is 10.3. The molecule has 17 heavy (non-hydrogen) atoms. The molecular weight excluding hydrogens is 240 g/mol. The van der Waals surface area contributed by atoms with Gasteiger partial charge in [-0.05, 0) is 38.0 Å². The van der Waals surface area contributed by atoms with Crippen molar-refractivity contribution in [3.8, 4) is 5.75 Å². The van der Waals surface area contributed by atoms with Gasteiger partial charge in [-0.25, -0.2) is 0 Å². The van der Waals surface area contributed by atoms with E-state index in [1.54, 1.807) is 0 Å². The molecule has 1 N–H and O–H groups in total. The van der Waals surface area contributed by atoms with Gasteiger partial charge >= 0.3 is 0 Å². The molecule has 0 saturated heterocycles. The highest BCUT2D eigenvalue weighted by atomic mass is 32.2. The lowest BCUT2D eigenvalue weighted by molar-refractivity contribution is 0.304. The van der Waals surface area contributed by atoms with Crippen LogP contribution in [0.25, 0.3) is 0 Å². The van der Waals surface area contributed by atoms with Crippen molar-refractivity contribution in [1.29, 1.82) is 0 Å². The SMILES string of the molecule is Cc1ccc(C)c(OCCC(C)S(=O)(=O)O)c1. The van der Waals surface area contributed by atoms with E-state index in [1.165, 1.54) is 6.92 Å². The van der Waals surface area contributed by atoms with Gasteiger partial charge in [-0.1, -0.05) is 12.1 Å². The lowest BCUT2D eigenvalue weighted by Crippen LogP contribution is -2.19. The molecule has 0 radical (unpaired) electrons. The molecule has 0 aromatic heterocycles. The van der Waals surface area contributed by atoms with Gasteiger partial charge in [0.1, 0.15) is 5.75 Å². The highest BCUT2D eigenvalue weighted by Crippen LogP contribution is 2.19. The van der Waals surface area contributed by atoms with E-state index in [9.17, 15) is 8.42 Å². The van der Waals surface area contributed by atoms with Gasteiger partial charge in [-0.3, -0.25) is 4.55 Å². The van der Waals surface area contributed by atoms with E-state index in [2.05, 4.69) is 0 Å². The summed E-state index contributed by atoms with van der Waals surface area (Å²) in [7, 11) is -3.96. The van der Waals surface area contributed by atoms with Gasteiger partial charge in [-0.15, -0.1) is 0 Å². The van der Waals surface area contributed by atoms with E-state index < -0.39 is 15.4 Å². The minimum atomic E-state index is -3.96. The molecule has 0 aliphatic heterocycles. The van der Waals surface area contributed by atoms with Crippen molar-refractivity contribution in [3.05, 3.63) is 29.3 Å². The zero-order valence-corrected chi connectivity index (χ0v) is 11.1. The minimum absolute atomic E-state index is 0.269. The van der Waals surface area contributed by atoms with Crippen molar-refractivity contribution in [1.82, 2.24) is 0 Å². The van der Waals surface area contributed by atoms with Crippen molar-refractivity contribution in [3.63, 3.8) is 0 Å². The molecule has 0 saturated carbocycles. The Morgan fingerprint density at radius 2 is 2.00 bits per heavy atom. The van der Waals surface area contributed by atoms with Crippen molar-refractivity contribution in [2.45, 2.75) is 32.4 Å². The largest absolute Gasteiger partial charge is 0.493 e.